The van der Waals surface area contributed by atoms with E-state index in [1.54, 1.807) is 6.08 Å². The van der Waals surface area contributed by atoms with E-state index in [1.165, 1.54) is 5.57 Å². The van der Waals surface area contributed by atoms with Crippen molar-refractivity contribution in [3.05, 3.63) is 23.8 Å². The third kappa shape index (κ3) is 2.33. The second-order valence-electron chi connectivity index (χ2n) is 3.74. The molecule has 0 aromatic carbocycles. The Morgan fingerprint density at radius 2 is 2.33 bits per heavy atom. The molecule has 0 aromatic rings. The molecule has 0 radical (unpaired) electrons. The lowest BCUT2D eigenvalue weighted by Gasteiger charge is -2.12. The second kappa shape index (κ2) is 3.70. The molecular formula is C11H16O. The summed E-state index contributed by atoms with van der Waals surface area (Å²) in [6.07, 6.45) is 4.57. The van der Waals surface area contributed by atoms with Crippen molar-refractivity contribution >= 4 is 5.78 Å². The number of hydrogen-bond donors (Lipinski definition) is 0. The molecule has 0 fully saturated rings. The van der Waals surface area contributed by atoms with E-state index in [1.807, 2.05) is 13.8 Å². The zero-order valence-electron chi connectivity index (χ0n) is 7.89. The van der Waals surface area contributed by atoms with Crippen LogP contribution in [0.3, 0.4) is 0 Å². The van der Waals surface area contributed by atoms with Crippen LogP contribution in [-0.2, 0) is 4.79 Å². The Labute approximate surface area is 74.2 Å². The van der Waals surface area contributed by atoms with E-state index in [9.17, 15) is 4.79 Å². The minimum atomic E-state index is 0.262. The van der Waals surface area contributed by atoms with Crippen LogP contribution >= 0.6 is 0 Å². The Hall–Kier alpha value is -0.850. The molecule has 0 aromatic heterocycles. The molecule has 0 saturated heterocycles. The summed E-state index contributed by atoms with van der Waals surface area (Å²) < 4.78 is 0. The van der Waals surface area contributed by atoms with E-state index >= 15 is 0 Å². The maximum Gasteiger partial charge on any atom is 0.156 e. The molecule has 0 aliphatic heterocycles. The summed E-state index contributed by atoms with van der Waals surface area (Å²) >= 11 is 0. The molecule has 1 aliphatic carbocycles. The first-order valence-corrected chi connectivity index (χ1v) is 4.45. The molecule has 0 amide bonds. The third-order valence-electron chi connectivity index (χ3n) is 2.44. The summed E-state index contributed by atoms with van der Waals surface area (Å²) in [6, 6.07) is 0. The summed E-state index contributed by atoms with van der Waals surface area (Å²) in [5.41, 5.74) is 2.36. The molecular weight excluding hydrogens is 148 g/mol. The third-order valence-corrected chi connectivity index (χ3v) is 2.44. The molecule has 1 atom stereocenters. The average Bonchev–Trinajstić information content (AvgIpc) is 2.11. The molecule has 1 heteroatoms. The first-order chi connectivity index (χ1) is 5.59. The zero-order valence-corrected chi connectivity index (χ0v) is 7.89. The van der Waals surface area contributed by atoms with Gasteiger partial charge in [0, 0.05) is 6.42 Å². The highest BCUT2D eigenvalue weighted by Gasteiger charge is 2.16. The Morgan fingerprint density at radius 3 is 2.92 bits per heavy atom. The van der Waals surface area contributed by atoms with Gasteiger partial charge in [-0.1, -0.05) is 17.7 Å². The van der Waals surface area contributed by atoms with Gasteiger partial charge in [0.1, 0.15) is 0 Å². The minimum absolute atomic E-state index is 0.262. The molecule has 0 N–H and O–H groups in total. The maximum absolute atomic E-state index is 11.3. The van der Waals surface area contributed by atoms with Crippen LogP contribution in [0.25, 0.3) is 0 Å². The normalized spacial score (nSPS) is 24.7. The van der Waals surface area contributed by atoms with E-state index in [-0.39, 0.29) is 5.78 Å². The molecule has 66 valence electrons. The number of ketones is 1. The van der Waals surface area contributed by atoms with Gasteiger partial charge in [-0.05, 0) is 38.7 Å². The Balaban J connectivity index is 2.68. The molecule has 1 rings (SSSR count). The fourth-order valence-corrected chi connectivity index (χ4v) is 1.57. The van der Waals surface area contributed by atoms with Crippen LogP contribution in [0.4, 0.5) is 0 Å². The van der Waals surface area contributed by atoms with E-state index in [0.29, 0.717) is 12.3 Å². The van der Waals surface area contributed by atoms with Gasteiger partial charge < -0.3 is 0 Å². The Bertz CT molecular complexity index is 235. The molecule has 0 saturated carbocycles. The van der Waals surface area contributed by atoms with Gasteiger partial charge in [-0.15, -0.1) is 0 Å². The van der Waals surface area contributed by atoms with E-state index in [0.717, 1.165) is 18.4 Å². The summed E-state index contributed by atoms with van der Waals surface area (Å²) in [5, 5.41) is 0. The van der Waals surface area contributed by atoms with Gasteiger partial charge in [-0.3, -0.25) is 4.79 Å². The van der Waals surface area contributed by atoms with Crippen LogP contribution in [0.1, 0.15) is 33.1 Å². The summed E-state index contributed by atoms with van der Waals surface area (Å²) in [4.78, 5) is 11.3. The van der Waals surface area contributed by atoms with Crippen LogP contribution in [0.2, 0.25) is 0 Å². The molecule has 1 nitrogen and oxygen atoms in total. The number of carbonyl (C=O) groups excluding carboxylic acids is 1. The highest BCUT2D eigenvalue weighted by Crippen LogP contribution is 2.25. The van der Waals surface area contributed by atoms with Gasteiger partial charge in [-0.25, -0.2) is 0 Å². The van der Waals surface area contributed by atoms with E-state index in [2.05, 4.69) is 6.58 Å². The van der Waals surface area contributed by atoms with Crippen molar-refractivity contribution in [1.29, 1.82) is 0 Å². The quantitative estimate of drug-likeness (QED) is 0.545. The van der Waals surface area contributed by atoms with E-state index in [4.69, 9.17) is 0 Å². The minimum Gasteiger partial charge on any atom is -0.295 e. The largest absolute Gasteiger partial charge is 0.295 e. The molecule has 12 heavy (non-hydrogen) atoms. The lowest BCUT2D eigenvalue weighted by molar-refractivity contribution is -0.115. The van der Waals surface area contributed by atoms with Crippen molar-refractivity contribution in [2.24, 2.45) is 5.92 Å². The van der Waals surface area contributed by atoms with Crippen molar-refractivity contribution in [2.45, 2.75) is 33.1 Å². The van der Waals surface area contributed by atoms with Crippen molar-refractivity contribution in [2.75, 3.05) is 0 Å². The summed E-state index contributed by atoms with van der Waals surface area (Å²) in [6.45, 7) is 7.94. The molecule has 1 aliphatic rings. The van der Waals surface area contributed by atoms with Crippen molar-refractivity contribution < 1.29 is 4.79 Å². The Kier molecular flexibility index (Phi) is 2.85. The van der Waals surface area contributed by atoms with Gasteiger partial charge in [-0.2, -0.15) is 0 Å². The van der Waals surface area contributed by atoms with Crippen LogP contribution in [0.5, 0.6) is 0 Å². The smallest absolute Gasteiger partial charge is 0.156 e. The fraction of sp³-hybridized carbons (Fsp3) is 0.545. The standard InChI is InChI=1S/C11H16O/c1-8(2)10-5-4-9(3)6-11(12)7-10/h6,10H,1,4-5,7H2,2-3H3/t10-/m0/s1. The van der Waals surface area contributed by atoms with Crippen molar-refractivity contribution in [3.8, 4) is 0 Å². The average molecular weight is 164 g/mol. The molecule has 0 spiro atoms. The first kappa shape index (κ1) is 9.24. The van der Waals surface area contributed by atoms with Gasteiger partial charge >= 0.3 is 0 Å². The van der Waals surface area contributed by atoms with Gasteiger partial charge in [0.25, 0.3) is 0 Å². The number of allylic oxidation sites excluding steroid dienone is 3. The molecule has 0 heterocycles. The SMILES string of the molecule is C=C(C)[C@H]1CCC(C)=CC(=O)C1. The highest BCUT2D eigenvalue weighted by atomic mass is 16.1. The van der Waals surface area contributed by atoms with Gasteiger partial charge in [0.2, 0.25) is 0 Å². The van der Waals surface area contributed by atoms with Crippen LogP contribution in [0.15, 0.2) is 23.8 Å². The van der Waals surface area contributed by atoms with Gasteiger partial charge in [0.15, 0.2) is 5.78 Å². The predicted molar refractivity (Wildman–Crippen MR) is 50.9 cm³/mol. The zero-order chi connectivity index (χ0) is 9.14. The predicted octanol–water partition coefficient (Wildman–Crippen LogP) is 2.88. The number of carbonyl (C=O) groups is 1. The van der Waals surface area contributed by atoms with Gasteiger partial charge in [0.05, 0.1) is 0 Å². The monoisotopic (exact) mass is 164 g/mol. The van der Waals surface area contributed by atoms with Crippen molar-refractivity contribution in [3.63, 3.8) is 0 Å². The van der Waals surface area contributed by atoms with Crippen LogP contribution in [0, 0.1) is 5.92 Å². The lowest BCUT2D eigenvalue weighted by Crippen LogP contribution is -2.04. The van der Waals surface area contributed by atoms with Crippen LogP contribution < -0.4 is 0 Å². The maximum atomic E-state index is 11.3. The summed E-state index contributed by atoms with van der Waals surface area (Å²) in [7, 11) is 0. The second-order valence-corrected chi connectivity index (χ2v) is 3.74. The molecule has 0 bridgehead atoms. The lowest BCUT2D eigenvalue weighted by atomic mass is 9.93. The highest BCUT2D eigenvalue weighted by molar-refractivity contribution is 5.90. The van der Waals surface area contributed by atoms with Crippen molar-refractivity contribution in [1.82, 2.24) is 0 Å². The Morgan fingerprint density at radius 1 is 1.67 bits per heavy atom. The molecule has 0 unspecified atom stereocenters. The van der Waals surface area contributed by atoms with E-state index < -0.39 is 0 Å². The number of hydrogen-bond acceptors (Lipinski definition) is 1. The van der Waals surface area contributed by atoms with Crippen LogP contribution in [-0.4, -0.2) is 5.78 Å². The fourth-order valence-electron chi connectivity index (χ4n) is 1.57. The topological polar surface area (TPSA) is 17.1 Å². The first-order valence-electron chi connectivity index (χ1n) is 4.45. The summed E-state index contributed by atoms with van der Waals surface area (Å²) in [5.74, 6) is 0.671. The number of rotatable bonds is 1.